The number of benzene rings is 1. The Morgan fingerprint density at radius 2 is 1.79 bits per heavy atom. The summed E-state index contributed by atoms with van der Waals surface area (Å²) in [7, 11) is 0. The van der Waals surface area contributed by atoms with Crippen LogP contribution in [0.1, 0.15) is 89.7 Å². The summed E-state index contributed by atoms with van der Waals surface area (Å²) in [5.74, 6) is 0.710. The molecule has 1 saturated carbocycles. The molecule has 0 amide bonds. The Balaban J connectivity index is 0.000000838. The van der Waals surface area contributed by atoms with Crippen molar-refractivity contribution in [2.24, 2.45) is 5.92 Å². The summed E-state index contributed by atoms with van der Waals surface area (Å²) in [6.45, 7) is 6.23. The Bertz CT molecular complexity index is 561. The topological polar surface area (TPSA) is 37.3 Å². The first-order valence-electron chi connectivity index (χ1n) is 10.8. The van der Waals surface area contributed by atoms with Crippen molar-refractivity contribution < 1.29 is 23.1 Å². The van der Waals surface area contributed by atoms with Gasteiger partial charge in [0.2, 0.25) is 0 Å². The maximum absolute atomic E-state index is 12.6. The summed E-state index contributed by atoms with van der Waals surface area (Å²) in [6.07, 6.45) is 8.82. The summed E-state index contributed by atoms with van der Waals surface area (Å²) < 4.78 is 37.8. The van der Waals surface area contributed by atoms with E-state index in [-0.39, 0.29) is 0 Å². The lowest BCUT2D eigenvalue weighted by Gasteiger charge is -2.11. The van der Waals surface area contributed by atoms with Gasteiger partial charge in [0.05, 0.1) is 11.7 Å². The molecule has 1 atom stereocenters. The summed E-state index contributed by atoms with van der Waals surface area (Å²) in [6, 6.07) is 5.14. The zero-order valence-electron chi connectivity index (χ0n) is 18.0. The molecule has 0 saturated heterocycles. The standard InChI is InChI=1S/C17H21F3O.C4H8O.C3H8/c18-17(19,20)15-7-3-6-14(12-15)9-11-16(21)10-8-13-4-1-2-5-13;1-2-3-4-5;1-3-2/h3,6-7,9,11-13,16,21H,1-2,4-5,8,10H2;4H,2-3H2,1H3;3H2,1-2H3/b11-9+;;. The third-order valence-electron chi connectivity index (χ3n) is 4.48. The number of unbranched alkanes of at least 4 members (excludes halogenated alkanes) is 1. The van der Waals surface area contributed by atoms with Gasteiger partial charge < -0.3 is 9.90 Å². The Morgan fingerprint density at radius 3 is 2.28 bits per heavy atom. The highest BCUT2D eigenvalue weighted by atomic mass is 19.4. The van der Waals surface area contributed by atoms with Crippen molar-refractivity contribution in [2.75, 3.05) is 0 Å². The largest absolute Gasteiger partial charge is 0.416 e. The average molecular weight is 415 g/mol. The molecule has 0 spiro atoms. The Morgan fingerprint density at radius 1 is 1.17 bits per heavy atom. The lowest BCUT2D eigenvalue weighted by molar-refractivity contribution is -0.137. The van der Waals surface area contributed by atoms with Crippen LogP contribution in [0.2, 0.25) is 0 Å². The van der Waals surface area contributed by atoms with Crippen LogP contribution < -0.4 is 0 Å². The maximum atomic E-state index is 12.6. The fraction of sp³-hybridized carbons (Fsp3) is 0.625. The number of aliphatic hydroxyl groups excluding tert-OH is 1. The Labute approximate surface area is 174 Å². The van der Waals surface area contributed by atoms with Gasteiger partial charge in [-0.3, -0.25) is 0 Å². The smallest absolute Gasteiger partial charge is 0.389 e. The van der Waals surface area contributed by atoms with Crippen LogP contribution in [0.3, 0.4) is 0 Å². The minimum Gasteiger partial charge on any atom is -0.389 e. The number of aldehydes is 1. The highest BCUT2D eigenvalue weighted by Crippen LogP contribution is 2.30. The molecular weight excluding hydrogens is 377 g/mol. The van der Waals surface area contributed by atoms with Crippen molar-refractivity contribution in [3.8, 4) is 0 Å². The van der Waals surface area contributed by atoms with Crippen molar-refractivity contribution in [3.05, 3.63) is 41.5 Å². The highest BCUT2D eigenvalue weighted by molar-refractivity contribution is 5.51. The molecule has 0 bridgehead atoms. The van der Waals surface area contributed by atoms with Gasteiger partial charge in [0.15, 0.2) is 0 Å². The van der Waals surface area contributed by atoms with Gasteiger partial charge in [-0.2, -0.15) is 13.2 Å². The molecule has 0 radical (unpaired) electrons. The molecule has 5 heteroatoms. The van der Waals surface area contributed by atoms with Crippen molar-refractivity contribution in [1.82, 2.24) is 0 Å². The zero-order chi connectivity index (χ0) is 22.1. The van der Waals surface area contributed by atoms with E-state index >= 15 is 0 Å². The third-order valence-corrected chi connectivity index (χ3v) is 4.48. The second-order valence-electron chi connectivity index (χ2n) is 7.44. The fourth-order valence-electron chi connectivity index (χ4n) is 2.96. The molecule has 0 aromatic heterocycles. The molecule has 2 nitrogen and oxygen atoms in total. The molecule has 166 valence electrons. The normalized spacial score (nSPS) is 15.3. The second kappa shape index (κ2) is 16.2. The van der Waals surface area contributed by atoms with Gasteiger partial charge in [0.25, 0.3) is 0 Å². The Hall–Kier alpha value is -1.62. The monoisotopic (exact) mass is 414 g/mol. The third kappa shape index (κ3) is 14.1. The average Bonchev–Trinajstić information content (AvgIpc) is 3.20. The number of aliphatic hydroxyl groups is 1. The number of carbonyl (C=O) groups excluding carboxylic acids is 1. The van der Waals surface area contributed by atoms with Gasteiger partial charge >= 0.3 is 6.18 Å². The van der Waals surface area contributed by atoms with E-state index in [1.54, 1.807) is 18.2 Å². The van der Waals surface area contributed by atoms with E-state index in [0.29, 0.717) is 24.3 Å². The summed E-state index contributed by atoms with van der Waals surface area (Å²) >= 11 is 0. The quantitative estimate of drug-likeness (QED) is 0.470. The number of hydrogen-bond acceptors (Lipinski definition) is 2. The molecule has 0 aliphatic heterocycles. The van der Waals surface area contributed by atoms with Crippen LogP contribution in [0.15, 0.2) is 30.3 Å². The molecule has 1 aromatic rings. The molecule has 0 heterocycles. The minimum atomic E-state index is -4.33. The number of hydrogen-bond donors (Lipinski definition) is 1. The zero-order valence-corrected chi connectivity index (χ0v) is 18.0. The summed E-state index contributed by atoms with van der Waals surface area (Å²) in [5, 5.41) is 9.89. The van der Waals surface area contributed by atoms with Crippen LogP contribution >= 0.6 is 0 Å². The van der Waals surface area contributed by atoms with Gasteiger partial charge in [0.1, 0.15) is 6.29 Å². The molecule has 1 aliphatic rings. The van der Waals surface area contributed by atoms with E-state index in [4.69, 9.17) is 0 Å². The molecule has 1 N–H and O–H groups in total. The van der Waals surface area contributed by atoms with E-state index in [1.807, 2.05) is 6.92 Å². The molecule has 1 fully saturated rings. The second-order valence-corrected chi connectivity index (χ2v) is 7.44. The van der Waals surface area contributed by atoms with Crippen LogP contribution in [0.4, 0.5) is 13.2 Å². The molecule has 1 aliphatic carbocycles. The lowest BCUT2D eigenvalue weighted by atomic mass is 9.99. The summed E-state index contributed by atoms with van der Waals surface area (Å²) in [4.78, 5) is 9.40. The van der Waals surface area contributed by atoms with Crippen LogP contribution in [-0.4, -0.2) is 17.5 Å². The molecule has 29 heavy (non-hydrogen) atoms. The van der Waals surface area contributed by atoms with Gasteiger partial charge in [-0.05, 0) is 42.9 Å². The molecule has 1 aromatic carbocycles. The van der Waals surface area contributed by atoms with E-state index in [1.165, 1.54) is 38.2 Å². The predicted octanol–water partition coefficient (Wildman–Crippen LogP) is 7.45. The number of alkyl halides is 3. The van der Waals surface area contributed by atoms with Gasteiger partial charge in [-0.25, -0.2) is 0 Å². The molecule has 1 unspecified atom stereocenters. The lowest BCUT2D eigenvalue weighted by Crippen LogP contribution is -2.06. The van der Waals surface area contributed by atoms with Gasteiger partial charge in [0, 0.05) is 6.42 Å². The molecular formula is C24H37F3O2. The van der Waals surface area contributed by atoms with Crippen molar-refractivity contribution >= 4 is 12.4 Å². The maximum Gasteiger partial charge on any atom is 0.416 e. The van der Waals surface area contributed by atoms with Gasteiger partial charge in [-0.1, -0.05) is 77.2 Å². The fourth-order valence-corrected chi connectivity index (χ4v) is 2.96. The first-order valence-corrected chi connectivity index (χ1v) is 10.8. The highest BCUT2D eigenvalue weighted by Gasteiger charge is 2.30. The number of carbonyl (C=O) groups is 1. The SMILES string of the molecule is CCC.CCCC=O.OC(/C=C/c1cccc(C(F)(F)F)c1)CCC1CCCC1. The first kappa shape index (κ1) is 27.4. The van der Waals surface area contributed by atoms with Crippen LogP contribution in [0.5, 0.6) is 0 Å². The van der Waals surface area contributed by atoms with Crippen molar-refractivity contribution in [1.29, 1.82) is 0 Å². The summed E-state index contributed by atoms with van der Waals surface area (Å²) in [5.41, 5.74) is -0.199. The Kier molecular flexibility index (Phi) is 15.3. The minimum absolute atomic E-state index is 0.463. The van der Waals surface area contributed by atoms with E-state index in [0.717, 1.165) is 31.3 Å². The number of halogens is 3. The van der Waals surface area contributed by atoms with Crippen LogP contribution in [-0.2, 0) is 11.0 Å². The van der Waals surface area contributed by atoms with E-state index in [9.17, 15) is 23.1 Å². The van der Waals surface area contributed by atoms with Gasteiger partial charge in [-0.15, -0.1) is 0 Å². The predicted molar refractivity (Wildman–Crippen MR) is 115 cm³/mol. The first-order chi connectivity index (χ1) is 13.8. The van der Waals surface area contributed by atoms with E-state index < -0.39 is 17.8 Å². The van der Waals surface area contributed by atoms with Crippen LogP contribution in [0.25, 0.3) is 6.08 Å². The number of rotatable bonds is 7. The van der Waals surface area contributed by atoms with E-state index in [2.05, 4.69) is 13.8 Å². The molecule has 2 rings (SSSR count). The van der Waals surface area contributed by atoms with Crippen molar-refractivity contribution in [2.45, 2.75) is 90.8 Å². The van der Waals surface area contributed by atoms with Crippen molar-refractivity contribution in [3.63, 3.8) is 0 Å². The van der Waals surface area contributed by atoms with Crippen LogP contribution in [0, 0.1) is 5.92 Å².